The third-order valence-electron chi connectivity index (χ3n) is 5.22. The lowest BCUT2D eigenvalue weighted by Gasteiger charge is -2.45. The van der Waals surface area contributed by atoms with Gasteiger partial charge in [-0.3, -0.25) is 4.90 Å². The number of hydrogen-bond donors (Lipinski definition) is 0. The van der Waals surface area contributed by atoms with Crippen LogP contribution in [-0.4, -0.2) is 48.4 Å². The number of fused-ring (bicyclic) bond motifs is 1. The summed E-state index contributed by atoms with van der Waals surface area (Å²) in [7, 11) is 2.23. The van der Waals surface area contributed by atoms with Gasteiger partial charge in [0, 0.05) is 25.9 Å². The number of nitrogens with zero attached hydrogens (tertiary/aromatic N) is 2. The van der Waals surface area contributed by atoms with Gasteiger partial charge in [-0.1, -0.05) is 12.1 Å². The number of para-hydroxylation sites is 1. The molecule has 0 unspecified atom stereocenters. The van der Waals surface area contributed by atoms with Gasteiger partial charge >= 0.3 is 0 Å². The summed E-state index contributed by atoms with van der Waals surface area (Å²) in [6, 6.07) is 8.97. The third kappa shape index (κ3) is 3.29. The highest BCUT2D eigenvalue weighted by Crippen LogP contribution is 2.36. The van der Waals surface area contributed by atoms with Crippen molar-refractivity contribution in [3.05, 3.63) is 29.3 Å². The van der Waals surface area contributed by atoms with E-state index in [1.54, 1.807) is 0 Å². The van der Waals surface area contributed by atoms with Crippen molar-refractivity contribution in [1.82, 2.24) is 9.88 Å². The molecular weight excluding hydrogens is 308 g/mol. The zero-order valence-corrected chi connectivity index (χ0v) is 14.5. The Morgan fingerprint density at radius 2 is 2.09 bits per heavy atom. The Kier molecular flexibility index (Phi) is 4.37. The highest BCUT2D eigenvalue weighted by Gasteiger charge is 2.40. The van der Waals surface area contributed by atoms with E-state index in [0.717, 1.165) is 57.6 Å². The Morgan fingerprint density at radius 3 is 2.91 bits per heavy atom. The van der Waals surface area contributed by atoms with Crippen LogP contribution in [0.15, 0.2) is 24.3 Å². The molecule has 1 atom stereocenters. The van der Waals surface area contributed by atoms with Crippen LogP contribution in [-0.2, 0) is 16.0 Å². The summed E-state index contributed by atoms with van der Waals surface area (Å²) in [5.41, 5.74) is 1.18. The van der Waals surface area contributed by atoms with E-state index in [-0.39, 0.29) is 5.60 Å². The monoisotopic (exact) mass is 332 g/mol. The lowest BCUT2D eigenvalue weighted by molar-refractivity contribution is -0.150. The van der Waals surface area contributed by atoms with Crippen LogP contribution in [0.25, 0.3) is 10.2 Å². The van der Waals surface area contributed by atoms with Crippen molar-refractivity contribution in [1.29, 1.82) is 0 Å². The standard InChI is InChI=1S/C18H24N2O2S/c1-20(13-17-19-15-4-2-3-5-16(15)23-17)14-6-9-22-18(12-14)7-10-21-11-8-18/h2-5,14H,6-13H2,1H3/t14-/m0/s1. The molecule has 0 radical (unpaired) electrons. The number of rotatable bonds is 3. The Balaban J connectivity index is 1.44. The first-order valence-electron chi connectivity index (χ1n) is 8.51. The first-order chi connectivity index (χ1) is 11.2. The Morgan fingerprint density at radius 1 is 1.26 bits per heavy atom. The lowest BCUT2D eigenvalue weighted by Crippen LogP contribution is -2.50. The molecule has 0 amide bonds. The minimum atomic E-state index is 0.0585. The molecule has 2 aromatic rings. The highest BCUT2D eigenvalue weighted by atomic mass is 32.1. The molecule has 2 saturated heterocycles. The first-order valence-corrected chi connectivity index (χ1v) is 9.32. The van der Waals surface area contributed by atoms with Crippen molar-refractivity contribution < 1.29 is 9.47 Å². The fourth-order valence-corrected chi connectivity index (χ4v) is 4.83. The van der Waals surface area contributed by atoms with E-state index in [9.17, 15) is 0 Å². The minimum absolute atomic E-state index is 0.0585. The lowest BCUT2D eigenvalue weighted by atomic mass is 9.83. The van der Waals surface area contributed by atoms with Crippen molar-refractivity contribution in [3.8, 4) is 0 Å². The molecule has 2 aliphatic rings. The van der Waals surface area contributed by atoms with E-state index in [1.807, 2.05) is 11.3 Å². The van der Waals surface area contributed by atoms with Crippen LogP contribution in [0.1, 0.15) is 30.7 Å². The van der Waals surface area contributed by atoms with Gasteiger partial charge in [0.1, 0.15) is 5.01 Å². The number of benzene rings is 1. The van der Waals surface area contributed by atoms with Crippen molar-refractivity contribution in [2.24, 2.45) is 0 Å². The third-order valence-corrected chi connectivity index (χ3v) is 6.24. The molecule has 2 fully saturated rings. The summed E-state index contributed by atoms with van der Waals surface area (Å²) in [5.74, 6) is 0. The molecule has 1 spiro atoms. The summed E-state index contributed by atoms with van der Waals surface area (Å²) in [5, 5.41) is 1.21. The van der Waals surface area contributed by atoms with E-state index >= 15 is 0 Å². The molecule has 0 N–H and O–H groups in total. The zero-order chi connectivity index (χ0) is 15.7. The summed E-state index contributed by atoms with van der Waals surface area (Å²) in [6.07, 6.45) is 4.32. The summed E-state index contributed by atoms with van der Waals surface area (Å²) < 4.78 is 13.0. The van der Waals surface area contributed by atoms with Crippen LogP contribution in [0.4, 0.5) is 0 Å². The van der Waals surface area contributed by atoms with E-state index in [0.29, 0.717) is 6.04 Å². The van der Waals surface area contributed by atoms with E-state index < -0.39 is 0 Å². The molecule has 1 aromatic heterocycles. The topological polar surface area (TPSA) is 34.6 Å². The first kappa shape index (κ1) is 15.5. The Hall–Kier alpha value is -1.01. The van der Waals surface area contributed by atoms with Crippen molar-refractivity contribution in [2.75, 3.05) is 26.9 Å². The largest absolute Gasteiger partial charge is 0.381 e. The van der Waals surface area contributed by atoms with Crippen LogP contribution >= 0.6 is 11.3 Å². The predicted molar refractivity (Wildman–Crippen MR) is 92.8 cm³/mol. The van der Waals surface area contributed by atoms with Crippen molar-refractivity contribution in [3.63, 3.8) is 0 Å². The molecular formula is C18H24N2O2S. The molecule has 0 saturated carbocycles. The van der Waals surface area contributed by atoms with Gasteiger partial charge in [-0.15, -0.1) is 11.3 Å². The number of hydrogen-bond acceptors (Lipinski definition) is 5. The predicted octanol–water partition coefficient (Wildman–Crippen LogP) is 3.46. The van der Waals surface area contributed by atoms with Crippen molar-refractivity contribution in [2.45, 2.75) is 43.9 Å². The van der Waals surface area contributed by atoms with Gasteiger partial charge in [0.05, 0.1) is 22.4 Å². The highest BCUT2D eigenvalue weighted by molar-refractivity contribution is 7.18. The average molecular weight is 332 g/mol. The van der Waals surface area contributed by atoms with Crippen LogP contribution in [0.3, 0.4) is 0 Å². The van der Waals surface area contributed by atoms with Gasteiger partial charge in [-0.05, 0) is 44.9 Å². The van der Waals surface area contributed by atoms with Gasteiger partial charge in [0.25, 0.3) is 0 Å². The van der Waals surface area contributed by atoms with Gasteiger partial charge in [0.2, 0.25) is 0 Å². The fourth-order valence-electron chi connectivity index (χ4n) is 3.80. The molecule has 4 rings (SSSR count). The molecule has 5 heteroatoms. The smallest absolute Gasteiger partial charge is 0.108 e. The number of ether oxygens (including phenoxy) is 2. The molecule has 23 heavy (non-hydrogen) atoms. The Bertz CT molecular complexity index is 627. The normalized spacial score (nSPS) is 24.5. The van der Waals surface area contributed by atoms with Crippen molar-refractivity contribution >= 4 is 21.6 Å². The second-order valence-corrected chi connectivity index (χ2v) is 7.90. The zero-order valence-electron chi connectivity index (χ0n) is 13.7. The average Bonchev–Trinajstić information content (AvgIpc) is 2.98. The fraction of sp³-hybridized carbons (Fsp3) is 0.611. The molecule has 1 aromatic carbocycles. The second-order valence-electron chi connectivity index (χ2n) is 6.78. The van der Waals surface area contributed by atoms with Gasteiger partial charge in [0.15, 0.2) is 0 Å². The minimum Gasteiger partial charge on any atom is -0.381 e. The SMILES string of the molecule is CN(Cc1nc2ccccc2s1)[C@H]1CCOC2(CCOCC2)C1. The molecule has 4 nitrogen and oxygen atoms in total. The van der Waals surface area contributed by atoms with Crippen LogP contribution < -0.4 is 0 Å². The van der Waals surface area contributed by atoms with Gasteiger partial charge in [-0.2, -0.15) is 0 Å². The Labute approximate surface area is 141 Å². The van der Waals surface area contributed by atoms with Crippen LogP contribution in [0.2, 0.25) is 0 Å². The molecule has 124 valence electrons. The summed E-state index contributed by atoms with van der Waals surface area (Å²) in [6.45, 7) is 3.48. The maximum Gasteiger partial charge on any atom is 0.108 e. The maximum atomic E-state index is 6.17. The quantitative estimate of drug-likeness (QED) is 0.862. The molecule has 0 bridgehead atoms. The number of thiazole rings is 1. The van der Waals surface area contributed by atoms with E-state index in [2.05, 4.69) is 36.2 Å². The molecule has 2 aliphatic heterocycles. The second kappa shape index (κ2) is 6.48. The molecule has 0 aliphatic carbocycles. The maximum absolute atomic E-state index is 6.17. The molecule has 3 heterocycles. The van der Waals surface area contributed by atoms with Crippen LogP contribution in [0, 0.1) is 0 Å². The van der Waals surface area contributed by atoms with Gasteiger partial charge in [-0.25, -0.2) is 4.98 Å². The summed E-state index contributed by atoms with van der Waals surface area (Å²) >= 11 is 1.81. The van der Waals surface area contributed by atoms with E-state index in [1.165, 1.54) is 9.71 Å². The van der Waals surface area contributed by atoms with Gasteiger partial charge < -0.3 is 9.47 Å². The number of aromatic nitrogens is 1. The van der Waals surface area contributed by atoms with Crippen LogP contribution in [0.5, 0.6) is 0 Å². The summed E-state index contributed by atoms with van der Waals surface area (Å²) in [4.78, 5) is 7.25. The van der Waals surface area contributed by atoms with E-state index in [4.69, 9.17) is 14.5 Å².